The standard InChI is InChI=1S/C15H15NO.C6H8O4.2H3N.Pt/c16-15-9-14(15)11-6-4-10(5-7-11)12-2-1-3-13(17)8-12;7-4(8)6(5(9)10)2-1-3-6;;;/h1-8,14-15,17H,9,16H2;1-3H2,(H,7,8)(H,9,10);2*1H3;. The molecule has 0 aromatic heterocycles. The van der Waals surface area contributed by atoms with Gasteiger partial charge in [-0.25, -0.2) is 0 Å². The van der Waals surface area contributed by atoms with Gasteiger partial charge in [0.25, 0.3) is 0 Å². The van der Waals surface area contributed by atoms with Crippen molar-refractivity contribution in [2.75, 3.05) is 0 Å². The second kappa shape index (κ2) is 11.2. The summed E-state index contributed by atoms with van der Waals surface area (Å²) in [6.45, 7) is 0. The minimum absolute atomic E-state index is 0. The number of phenols is 1. The first-order valence-electron chi connectivity index (χ1n) is 8.95. The summed E-state index contributed by atoms with van der Waals surface area (Å²) in [5.41, 5.74) is 7.87. The summed E-state index contributed by atoms with van der Waals surface area (Å²) < 4.78 is 0. The number of nitrogens with two attached hydrogens (primary N) is 1. The van der Waals surface area contributed by atoms with E-state index >= 15 is 0 Å². The topological polar surface area (TPSA) is 191 Å². The summed E-state index contributed by atoms with van der Waals surface area (Å²) >= 11 is 0. The SMILES string of the molecule is N.N.NC1CC1c1ccc(-c2cccc(O)c2)cc1.O=C(O)C1(C(=O)O)CCC1.[Pt]. The van der Waals surface area contributed by atoms with E-state index < -0.39 is 17.4 Å². The van der Waals surface area contributed by atoms with Gasteiger partial charge in [0, 0.05) is 33.0 Å². The van der Waals surface area contributed by atoms with Crippen LogP contribution in [0.15, 0.2) is 48.5 Å². The van der Waals surface area contributed by atoms with E-state index in [-0.39, 0.29) is 46.2 Å². The van der Waals surface area contributed by atoms with Gasteiger partial charge in [-0.2, -0.15) is 0 Å². The molecule has 4 rings (SSSR count). The number of carboxylic acid groups (broad SMARTS) is 2. The van der Waals surface area contributed by atoms with Gasteiger partial charge in [0.05, 0.1) is 0 Å². The number of hydrogen-bond acceptors (Lipinski definition) is 6. The van der Waals surface area contributed by atoms with E-state index in [1.54, 1.807) is 12.1 Å². The molecule has 11 N–H and O–H groups in total. The van der Waals surface area contributed by atoms with E-state index in [0.29, 0.717) is 24.1 Å². The molecule has 2 aromatic carbocycles. The number of benzene rings is 2. The Morgan fingerprint density at radius 1 is 0.933 bits per heavy atom. The molecule has 2 saturated carbocycles. The molecule has 0 heterocycles. The van der Waals surface area contributed by atoms with Gasteiger partial charge in [-0.3, -0.25) is 9.59 Å². The van der Waals surface area contributed by atoms with Crippen molar-refractivity contribution in [2.45, 2.75) is 37.6 Å². The molecule has 2 aliphatic rings. The van der Waals surface area contributed by atoms with Gasteiger partial charge in [-0.1, -0.05) is 36.4 Å². The third-order valence-corrected chi connectivity index (χ3v) is 5.38. The average Bonchev–Trinajstić information content (AvgIpc) is 3.30. The van der Waals surface area contributed by atoms with E-state index in [0.717, 1.165) is 17.5 Å². The van der Waals surface area contributed by atoms with Crippen LogP contribution in [0.3, 0.4) is 0 Å². The number of aliphatic carboxylic acids is 2. The van der Waals surface area contributed by atoms with Gasteiger partial charge < -0.3 is 33.4 Å². The van der Waals surface area contributed by atoms with Crippen LogP contribution in [-0.4, -0.2) is 33.3 Å². The van der Waals surface area contributed by atoms with Crippen molar-refractivity contribution in [1.29, 1.82) is 0 Å². The number of carbonyl (C=O) groups is 2. The molecular formula is C21H29N3O5Pt. The van der Waals surface area contributed by atoms with Gasteiger partial charge in [-0.15, -0.1) is 0 Å². The van der Waals surface area contributed by atoms with Crippen LogP contribution in [0.2, 0.25) is 0 Å². The predicted octanol–water partition coefficient (Wildman–Crippen LogP) is 3.52. The Labute approximate surface area is 189 Å². The number of carboxylic acids is 2. The average molecular weight is 599 g/mol. The summed E-state index contributed by atoms with van der Waals surface area (Å²) in [4.78, 5) is 20.7. The summed E-state index contributed by atoms with van der Waals surface area (Å²) in [5, 5.41) is 26.4. The number of phenolic OH excluding ortho intramolecular Hbond substituents is 1. The molecule has 0 amide bonds. The van der Waals surface area contributed by atoms with Crippen LogP contribution in [0.5, 0.6) is 5.75 Å². The smallest absolute Gasteiger partial charge is 0.321 e. The summed E-state index contributed by atoms with van der Waals surface area (Å²) in [7, 11) is 0. The molecule has 0 aliphatic heterocycles. The number of rotatable bonds is 4. The van der Waals surface area contributed by atoms with E-state index in [2.05, 4.69) is 24.3 Å². The molecule has 0 saturated heterocycles. The first-order valence-corrected chi connectivity index (χ1v) is 8.95. The molecule has 2 fully saturated rings. The first kappa shape index (κ1) is 27.7. The third kappa shape index (κ3) is 5.89. The molecular weight excluding hydrogens is 569 g/mol. The summed E-state index contributed by atoms with van der Waals surface area (Å²) in [5.74, 6) is -1.55. The minimum atomic E-state index is -1.44. The molecule has 8 nitrogen and oxygen atoms in total. The maximum absolute atomic E-state index is 10.4. The fraction of sp³-hybridized carbons (Fsp3) is 0.333. The zero-order valence-corrected chi connectivity index (χ0v) is 18.8. The normalized spacial score (nSPS) is 19.8. The predicted molar refractivity (Wildman–Crippen MR) is 110 cm³/mol. The molecule has 0 spiro atoms. The van der Waals surface area contributed by atoms with Gasteiger partial charge in [0.15, 0.2) is 5.41 Å². The molecule has 2 aromatic rings. The monoisotopic (exact) mass is 598 g/mol. The van der Waals surface area contributed by atoms with Crippen LogP contribution in [0, 0.1) is 5.41 Å². The maximum atomic E-state index is 10.4. The van der Waals surface area contributed by atoms with Crippen LogP contribution >= 0.6 is 0 Å². The second-order valence-corrected chi connectivity index (χ2v) is 7.22. The van der Waals surface area contributed by atoms with E-state index in [4.69, 9.17) is 15.9 Å². The molecule has 0 bridgehead atoms. The third-order valence-electron chi connectivity index (χ3n) is 5.38. The fourth-order valence-electron chi connectivity index (χ4n) is 3.26. The van der Waals surface area contributed by atoms with Crippen molar-refractivity contribution in [3.63, 3.8) is 0 Å². The van der Waals surface area contributed by atoms with Crippen LogP contribution < -0.4 is 18.0 Å². The second-order valence-electron chi connectivity index (χ2n) is 7.22. The molecule has 9 heteroatoms. The Balaban J connectivity index is 0.000000569. The molecule has 0 radical (unpaired) electrons. The number of hydrogen-bond donors (Lipinski definition) is 6. The quantitative estimate of drug-likeness (QED) is 0.288. The zero-order valence-electron chi connectivity index (χ0n) is 16.6. The van der Waals surface area contributed by atoms with E-state index in [9.17, 15) is 14.7 Å². The van der Waals surface area contributed by atoms with E-state index in [1.165, 1.54) is 5.56 Å². The first-order chi connectivity index (χ1) is 12.8. The Bertz CT molecular complexity index is 840. The van der Waals surface area contributed by atoms with Gasteiger partial charge >= 0.3 is 11.9 Å². The Morgan fingerprint density at radius 3 is 1.80 bits per heavy atom. The Kier molecular flexibility index (Phi) is 10.4. The van der Waals surface area contributed by atoms with Crippen molar-refractivity contribution in [3.8, 4) is 16.9 Å². The van der Waals surface area contributed by atoms with Gasteiger partial charge in [0.1, 0.15) is 5.75 Å². The molecule has 2 aliphatic carbocycles. The Hall–Kier alpha value is -2.25. The molecule has 2 unspecified atom stereocenters. The largest absolute Gasteiger partial charge is 0.508 e. The van der Waals surface area contributed by atoms with Crippen molar-refractivity contribution < 1.29 is 46.0 Å². The van der Waals surface area contributed by atoms with Gasteiger partial charge in [0.2, 0.25) is 0 Å². The zero-order chi connectivity index (χ0) is 19.6. The van der Waals surface area contributed by atoms with Crippen molar-refractivity contribution >= 4 is 11.9 Å². The summed E-state index contributed by atoms with van der Waals surface area (Å²) in [6.07, 6.45) is 2.36. The van der Waals surface area contributed by atoms with Crippen molar-refractivity contribution in [1.82, 2.24) is 12.3 Å². The van der Waals surface area contributed by atoms with Crippen LogP contribution in [0.25, 0.3) is 11.1 Å². The van der Waals surface area contributed by atoms with Crippen molar-refractivity contribution in [2.24, 2.45) is 11.1 Å². The van der Waals surface area contributed by atoms with Gasteiger partial charge in [-0.05, 0) is 54.5 Å². The van der Waals surface area contributed by atoms with Crippen LogP contribution in [-0.2, 0) is 30.7 Å². The molecule has 30 heavy (non-hydrogen) atoms. The maximum Gasteiger partial charge on any atom is 0.321 e. The summed E-state index contributed by atoms with van der Waals surface area (Å²) in [6, 6.07) is 16.1. The Morgan fingerprint density at radius 2 is 1.47 bits per heavy atom. The molecule has 2 atom stereocenters. The molecule has 168 valence electrons. The van der Waals surface area contributed by atoms with Crippen molar-refractivity contribution in [3.05, 3.63) is 54.1 Å². The number of aromatic hydroxyl groups is 1. The van der Waals surface area contributed by atoms with Crippen LogP contribution in [0.1, 0.15) is 37.2 Å². The fourth-order valence-corrected chi connectivity index (χ4v) is 3.26. The van der Waals surface area contributed by atoms with Crippen LogP contribution in [0.4, 0.5) is 0 Å². The van der Waals surface area contributed by atoms with E-state index in [1.807, 2.05) is 12.1 Å². The minimum Gasteiger partial charge on any atom is -0.508 e.